The third-order valence-electron chi connectivity index (χ3n) is 5.55. The Morgan fingerprint density at radius 3 is 2.54 bits per heavy atom. The maximum Gasteiger partial charge on any atom is 0.253 e. The van der Waals surface area contributed by atoms with E-state index in [4.69, 9.17) is 0 Å². The van der Waals surface area contributed by atoms with E-state index in [1.54, 1.807) is 25.1 Å². The van der Waals surface area contributed by atoms with Crippen molar-refractivity contribution in [1.29, 1.82) is 0 Å². The summed E-state index contributed by atoms with van der Waals surface area (Å²) in [6, 6.07) is 11.9. The molecule has 2 aromatic carbocycles. The first-order chi connectivity index (χ1) is 13.3. The van der Waals surface area contributed by atoms with Crippen LogP contribution in [0.25, 0.3) is 0 Å². The molecule has 1 aliphatic rings. The molecule has 4 nitrogen and oxygen atoms in total. The van der Waals surface area contributed by atoms with E-state index in [1.165, 1.54) is 12.1 Å². The van der Waals surface area contributed by atoms with Crippen LogP contribution >= 0.6 is 0 Å². The predicted octanol–water partition coefficient (Wildman–Crippen LogP) is 4.21. The normalized spacial score (nSPS) is 18.3. The van der Waals surface area contributed by atoms with Crippen molar-refractivity contribution in [3.8, 4) is 5.75 Å². The summed E-state index contributed by atoms with van der Waals surface area (Å²) in [5.41, 5.74) is 2.41. The van der Waals surface area contributed by atoms with Gasteiger partial charge in [0.2, 0.25) is 0 Å². The van der Waals surface area contributed by atoms with Gasteiger partial charge in [0.05, 0.1) is 0 Å². The molecule has 2 aromatic rings. The van der Waals surface area contributed by atoms with E-state index in [1.807, 2.05) is 17.0 Å². The molecule has 5 heteroatoms. The number of rotatable bonds is 4. The van der Waals surface area contributed by atoms with Crippen LogP contribution in [0.1, 0.15) is 41.8 Å². The van der Waals surface area contributed by atoms with Crippen molar-refractivity contribution in [3.63, 3.8) is 0 Å². The Labute approximate surface area is 166 Å². The molecule has 1 atom stereocenters. The Morgan fingerprint density at radius 1 is 1.18 bits per heavy atom. The minimum Gasteiger partial charge on any atom is -0.508 e. The number of phenolic OH excluding ortho intramolecular Hbond substituents is 1. The minimum absolute atomic E-state index is 0.0115. The van der Waals surface area contributed by atoms with Gasteiger partial charge in [-0.2, -0.15) is 0 Å². The monoisotopic (exact) mass is 384 g/mol. The maximum absolute atomic E-state index is 13.2. The van der Waals surface area contributed by atoms with E-state index in [2.05, 4.69) is 18.7 Å². The van der Waals surface area contributed by atoms with Crippen molar-refractivity contribution in [2.45, 2.75) is 39.8 Å². The minimum atomic E-state index is -0.221. The fourth-order valence-corrected chi connectivity index (χ4v) is 3.87. The molecule has 1 saturated heterocycles. The number of benzene rings is 2. The summed E-state index contributed by atoms with van der Waals surface area (Å²) in [6.07, 6.45) is 0.896. The van der Waals surface area contributed by atoms with Gasteiger partial charge in [0.25, 0.3) is 5.91 Å². The third-order valence-corrected chi connectivity index (χ3v) is 5.55. The predicted molar refractivity (Wildman–Crippen MR) is 109 cm³/mol. The summed E-state index contributed by atoms with van der Waals surface area (Å²) < 4.78 is 13.2. The fourth-order valence-electron chi connectivity index (χ4n) is 3.87. The van der Waals surface area contributed by atoms with Crippen molar-refractivity contribution >= 4 is 5.91 Å². The van der Waals surface area contributed by atoms with Crippen molar-refractivity contribution in [1.82, 2.24) is 9.80 Å². The lowest BCUT2D eigenvalue weighted by molar-refractivity contribution is 0.0702. The summed E-state index contributed by atoms with van der Waals surface area (Å²) in [4.78, 5) is 17.4. The highest BCUT2D eigenvalue weighted by molar-refractivity contribution is 5.94. The van der Waals surface area contributed by atoms with Crippen molar-refractivity contribution in [3.05, 3.63) is 65.0 Å². The number of amides is 1. The van der Waals surface area contributed by atoms with Gasteiger partial charge < -0.3 is 10.0 Å². The molecule has 0 bridgehead atoms. The van der Waals surface area contributed by atoms with Crippen LogP contribution in [-0.2, 0) is 6.54 Å². The van der Waals surface area contributed by atoms with Gasteiger partial charge in [-0.25, -0.2) is 4.39 Å². The fraction of sp³-hybridized carbons (Fsp3) is 0.435. The summed E-state index contributed by atoms with van der Waals surface area (Å²) in [5, 5.41) is 9.73. The zero-order valence-corrected chi connectivity index (χ0v) is 16.9. The number of phenols is 1. The molecule has 1 fully saturated rings. The molecular weight excluding hydrogens is 355 g/mol. The molecule has 28 heavy (non-hydrogen) atoms. The summed E-state index contributed by atoms with van der Waals surface area (Å²) in [5.74, 6) is 0.381. The first-order valence-corrected chi connectivity index (χ1v) is 9.92. The molecule has 0 saturated carbocycles. The zero-order chi connectivity index (χ0) is 20.3. The molecule has 0 radical (unpaired) electrons. The van der Waals surface area contributed by atoms with Crippen LogP contribution < -0.4 is 0 Å². The molecule has 0 aliphatic carbocycles. The van der Waals surface area contributed by atoms with Crippen LogP contribution in [0.5, 0.6) is 5.75 Å². The number of aromatic hydroxyl groups is 1. The second-order valence-corrected chi connectivity index (χ2v) is 8.01. The van der Waals surface area contributed by atoms with Crippen LogP contribution in [0.15, 0.2) is 42.5 Å². The molecular formula is C23H29FN2O2. The second kappa shape index (κ2) is 8.74. The van der Waals surface area contributed by atoms with Crippen molar-refractivity contribution < 1.29 is 14.3 Å². The van der Waals surface area contributed by atoms with Crippen LogP contribution in [0, 0.1) is 18.7 Å². The summed E-state index contributed by atoms with van der Waals surface area (Å²) >= 11 is 0. The van der Waals surface area contributed by atoms with E-state index < -0.39 is 0 Å². The first-order valence-electron chi connectivity index (χ1n) is 9.92. The molecule has 1 unspecified atom stereocenters. The number of halogens is 1. The van der Waals surface area contributed by atoms with Crippen molar-refractivity contribution in [2.75, 3.05) is 19.6 Å². The van der Waals surface area contributed by atoms with E-state index in [0.29, 0.717) is 30.1 Å². The Kier molecular flexibility index (Phi) is 6.35. The smallest absolute Gasteiger partial charge is 0.253 e. The number of hydrogen-bond acceptors (Lipinski definition) is 3. The van der Waals surface area contributed by atoms with Crippen LogP contribution in [0.4, 0.5) is 4.39 Å². The Hall–Kier alpha value is -2.40. The molecule has 3 rings (SSSR count). The van der Waals surface area contributed by atoms with Gasteiger partial charge in [0.15, 0.2) is 0 Å². The third kappa shape index (κ3) is 4.71. The molecule has 150 valence electrons. The van der Waals surface area contributed by atoms with Gasteiger partial charge in [-0.15, -0.1) is 0 Å². The molecule has 1 heterocycles. The molecule has 1 N–H and O–H groups in total. The van der Waals surface area contributed by atoms with E-state index >= 15 is 0 Å². The van der Waals surface area contributed by atoms with E-state index in [0.717, 1.165) is 25.1 Å². The second-order valence-electron chi connectivity index (χ2n) is 8.01. The van der Waals surface area contributed by atoms with Crippen molar-refractivity contribution in [2.24, 2.45) is 5.92 Å². The summed E-state index contributed by atoms with van der Waals surface area (Å²) in [7, 11) is 0. The highest BCUT2D eigenvalue weighted by Crippen LogP contribution is 2.23. The molecule has 0 spiro atoms. The quantitative estimate of drug-likeness (QED) is 0.859. The van der Waals surface area contributed by atoms with Crippen LogP contribution in [-0.4, -0.2) is 46.5 Å². The van der Waals surface area contributed by atoms with E-state index in [9.17, 15) is 14.3 Å². The lowest BCUT2D eigenvalue weighted by Gasteiger charge is -2.34. The summed E-state index contributed by atoms with van der Waals surface area (Å²) in [6.45, 7) is 9.19. The zero-order valence-electron chi connectivity index (χ0n) is 16.9. The topological polar surface area (TPSA) is 43.8 Å². The van der Waals surface area contributed by atoms with Gasteiger partial charge in [0, 0.05) is 37.8 Å². The number of hydrogen-bond donors (Lipinski definition) is 1. The van der Waals surface area contributed by atoms with E-state index in [-0.39, 0.29) is 23.5 Å². The molecule has 1 amide bonds. The standard InChI is InChI=1S/C23H29FN2O2/c1-16(2)21-15-26(23(28)19-7-10-22(27)17(3)13-19)12-4-11-25(21)14-18-5-8-20(24)9-6-18/h5-10,13,16,21,27H,4,11-12,14-15H2,1-3H3. The number of carbonyl (C=O) groups excluding carboxylic acids is 1. The van der Waals surface area contributed by atoms with Gasteiger partial charge in [0.1, 0.15) is 11.6 Å². The van der Waals surface area contributed by atoms with Gasteiger partial charge in [-0.1, -0.05) is 26.0 Å². The average Bonchev–Trinajstić information content (AvgIpc) is 2.88. The maximum atomic E-state index is 13.2. The van der Waals surface area contributed by atoms with Crippen LogP contribution in [0.3, 0.4) is 0 Å². The van der Waals surface area contributed by atoms with Crippen LogP contribution in [0.2, 0.25) is 0 Å². The largest absolute Gasteiger partial charge is 0.508 e. The highest BCUT2D eigenvalue weighted by atomic mass is 19.1. The lowest BCUT2D eigenvalue weighted by Crippen LogP contribution is -2.45. The molecule has 0 aromatic heterocycles. The number of aryl methyl sites for hydroxylation is 1. The lowest BCUT2D eigenvalue weighted by atomic mass is 10.0. The Balaban J connectivity index is 1.77. The number of nitrogens with zero attached hydrogens (tertiary/aromatic N) is 2. The Morgan fingerprint density at radius 2 is 1.89 bits per heavy atom. The highest BCUT2D eigenvalue weighted by Gasteiger charge is 2.30. The Bertz CT molecular complexity index is 820. The first kappa shape index (κ1) is 20.3. The van der Waals surface area contributed by atoms with Gasteiger partial charge in [-0.05, 0) is 60.7 Å². The van der Waals surface area contributed by atoms with Gasteiger partial charge >= 0.3 is 0 Å². The number of carbonyl (C=O) groups is 1. The average molecular weight is 384 g/mol. The van der Waals surface area contributed by atoms with Gasteiger partial charge in [-0.3, -0.25) is 9.69 Å². The molecule has 1 aliphatic heterocycles. The SMILES string of the molecule is Cc1cc(C(=O)N2CCCN(Cc3ccc(F)cc3)C(C(C)C)C2)ccc1O.